The second-order valence-corrected chi connectivity index (χ2v) is 7.56. The molecule has 0 saturated heterocycles. The summed E-state index contributed by atoms with van der Waals surface area (Å²) in [7, 11) is 2.00. The lowest BCUT2D eigenvalue weighted by Crippen LogP contribution is -2.28. The average Bonchev–Trinajstić information content (AvgIpc) is 2.98. The molecule has 0 bridgehead atoms. The lowest BCUT2D eigenvalue weighted by Gasteiger charge is -2.24. The SMILES string of the molecule is Cn1c(CCCCCCC(=O)NO)nc2cc(N(CCCl)CCCl)c(N)cc21. The van der Waals surface area contributed by atoms with E-state index in [9.17, 15) is 4.79 Å². The van der Waals surface area contributed by atoms with Crippen molar-refractivity contribution in [2.24, 2.45) is 7.05 Å². The van der Waals surface area contributed by atoms with Crippen LogP contribution in [-0.2, 0) is 18.3 Å². The molecule has 4 N–H and O–H groups in total. The van der Waals surface area contributed by atoms with Gasteiger partial charge >= 0.3 is 0 Å². The predicted octanol–water partition coefficient (Wildman–Crippen LogP) is 3.44. The van der Waals surface area contributed by atoms with Gasteiger partial charge in [0.1, 0.15) is 5.82 Å². The smallest absolute Gasteiger partial charge is 0.243 e. The first-order valence-electron chi connectivity index (χ1n) is 9.56. The summed E-state index contributed by atoms with van der Waals surface area (Å²) in [6.07, 6.45) is 4.93. The molecule has 0 aliphatic carbocycles. The number of nitrogens with zero attached hydrogens (tertiary/aromatic N) is 3. The third kappa shape index (κ3) is 5.90. The summed E-state index contributed by atoms with van der Waals surface area (Å²) in [5.74, 6) is 1.69. The molecular formula is C19H29Cl2N5O2. The molecule has 9 heteroatoms. The van der Waals surface area contributed by atoms with E-state index in [2.05, 4.69) is 9.47 Å². The zero-order valence-electron chi connectivity index (χ0n) is 16.3. The third-order valence-electron chi connectivity index (χ3n) is 4.85. The predicted molar refractivity (Wildman–Crippen MR) is 115 cm³/mol. The molecule has 2 aromatic rings. The van der Waals surface area contributed by atoms with Crippen molar-refractivity contribution in [1.82, 2.24) is 15.0 Å². The number of hydroxylamine groups is 1. The number of hydrogen-bond donors (Lipinski definition) is 3. The molecule has 28 heavy (non-hydrogen) atoms. The number of benzene rings is 1. The van der Waals surface area contributed by atoms with Crippen LogP contribution < -0.4 is 16.1 Å². The van der Waals surface area contributed by atoms with E-state index >= 15 is 0 Å². The Hall–Kier alpha value is -1.70. The van der Waals surface area contributed by atoms with Gasteiger partial charge in [-0.25, -0.2) is 10.5 Å². The standard InChI is InChI=1S/C19H29Cl2N5O2/c1-25-17-12-14(22)16(26(10-8-20)11-9-21)13-15(17)23-18(25)6-4-2-3-5-7-19(27)24-28/h12-13,28H,2-11,22H2,1H3,(H,24,27). The molecule has 2 rings (SSSR count). The second kappa shape index (κ2) is 11.3. The highest BCUT2D eigenvalue weighted by Gasteiger charge is 2.15. The fraction of sp³-hybridized carbons (Fsp3) is 0.579. The van der Waals surface area contributed by atoms with Crippen molar-refractivity contribution in [2.45, 2.75) is 38.5 Å². The second-order valence-electron chi connectivity index (χ2n) is 6.80. The summed E-state index contributed by atoms with van der Waals surface area (Å²) in [5, 5.41) is 8.48. The molecule has 0 radical (unpaired) electrons. The molecule has 0 unspecified atom stereocenters. The number of carbonyl (C=O) groups is 1. The lowest BCUT2D eigenvalue weighted by molar-refractivity contribution is -0.129. The Bertz CT molecular complexity index is 775. The number of halogens is 2. The normalized spacial score (nSPS) is 11.1. The number of alkyl halides is 2. The first-order chi connectivity index (χ1) is 13.5. The van der Waals surface area contributed by atoms with Crippen LogP contribution in [0.25, 0.3) is 11.0 Å². The number of hydrogen-bond acceptors (Lipinski definition) is 5. The van der Waals surface area contributed by atoms with Crippen LogP contribution in [0.1, 0.15) is 37.9 Å². The molecule has 0 fully saturated rings. The van der Waals surface area contributed by atoms with E-state index < -0.39 is 0 Å². The molecule has 1 heterocycles. The topological polar surface area (TPSA) is 96.4 Å². The highest BCUT2D eigenvalue weighted by atomic mass is 35.5. The van der Waals surface area contributed by atoms with Gasteiger partial charge < -0.3 is 15.2 Å². The average molecular weight is 430 g/mol. The number of nitrogens with one attached hydrogen (secondary N) is 1. The molecule has 1 amide bonds. The Morgan fingerprint density at radius 2 is 1.89 bits per heavy atom. The largest absolute Gasteiger partial charge is 0.397 e. The Kier molecular flexibility index (Phi) is 9.15. The Balaban J connectivity index is 2.04. The summed E-state index contributed by atoms with van der Waals surface area (Å²) >= 11 is 11.8. The van der Waals surface area contributed by atoms with Gasteiger partial charge in [-0.15, -0.1) is 23.2 Å². The number of nitrogens with two attached hydrogens (primary N) is 1. The summed E-state index contributed by atoms with van der Waals surface area (Å²) < 4.78 is 2.09. The highest BCUT2D eigenvalue weighted by Crippen LogP contribution is 2.30. The van der Waals surface area contributed by atoms with Gasteiger partial charge in [-0.3, -0.25) is 10.0 Å². The minimum atomic E-state index is -0.332. The van der Waals surface area contributed by atoms with Gasteiger partial charge in [-0.2, -0.15) is 0 Å². The van der Waals surface area contributed by atoms with Gasteiger partial charge in [0.2, 0.25) is 5.91 Å². The van der Waals surface area contributed by atoms with Crippen molar-refractivity contribution >= 4 is 51.5 Å². The Labute approximate surface area is 175 Å². The highest BCUT2D eigenvalue weighted by molar-refractivity contribution is 6.18. The van der Waals surface area contributed by atoms with E-state index in [4.69, 9.17) is 39.1 Å². The van der Waals surface area contributed by atoms with Gasteiger partial charge in [-0.05, 0) is 25.0 Å². The molecule has 0 atom stereocenters. The van der Waals surface area contributed by atoms with Gasteiger partial charge in [0.15, 0.2) is 0 Å². The molecule has 156 valence electrons. The van der Waals surface area contributed by atoms with E-state index in [1.54, 1.807) is 5.48 Å². The molecule has 0 aliphatic rings. The maximum absolute atomic E-state index is 11.0. The minimum Gasteiger partial charge on any atom is -0.397 e. The zero-order chi connectivity index (χ0) is 20.5. The lowest BCUT2D eigenvalue weighted by atomic mass is 10.1. The quantitative estimate of drug-likeness (QED) is 0.158. The van der Waals surface area contributed by atoms with Crippen LogP contribution in [0, 0.1) is 0 Å². The van der Waals surface area contributed by atoms with Crippen LogP contribution in [0.3, 0.4) is 0 Å². The molecule has 1 aromatic carbocycles. The number of carbonyl (C=O) groups excluding carboxylic acids is 1. The maximum atomic E-state index is 11.0. The number of anilines is 2. The molecular weight excluding hydrogens is 401 g/mol. The van der Waals surface area contributed by atoms with E-state index in [0.29, 0.717) is 37.0 Å². The van der Waals surface area contributed by atoms with Crippen molar-refractivity contribution in [2.75, 3.05) is 35.5 Å². The van der Waals surface area contributed by atoms with Gasteiger partial charge in [-0.1, -0.05) is 12.8 Å². The molecule has 7 nitrogen and oxygen atoms in total. The van der Waals surface area contributed by atoms with Crippen molar-refractivity contribution < 1.29 is 10.0 Å². The number of rotatable bonds is 12. The summed E-state index contributed by atoms with van der Waals surface area (Å²) in [6, 6.07) is 3.98. The van der Waals surface area contributed by atoms with Crippen LogP contribution in [0.2, 0.25) is 0 Å². The zero-order valence-corrected chi connectivity index (χ0v) is 17.8. The van der Waals surface area contributed by atoms with Crippen LogP contribution in [0.4, 0.5) is 11.4 Å². The van der Waals surface area contributed by atoms with Crippen LogP contribution in [0.5, 0.6) is 0 Å². The van der Waals surface area contributed by atoms with E-state index in [0.717, 1.165) is 54.6 Å². The fourth-order valence-corrected chi connectivity index (χ4v) is 3.73. The number of aryl methyl sites for hydroxylation is 2. The van der Waals surface area contributed by atoms with Gasteiger partial charge in [0.05, 0.1) is 22.4 Å². The number of imidazole rings is 1. The number of unbranched alkanes of at least 4 members (excludes halogenated alkanes) is 3. The Morgan fingerprint density at radius 1 is 1.21 bits per heavy atom. The van der Waals surface area contributed by atoms with Crippen LogP contribution >= 0.6 is 23.2 Å². The number of amides is 1. The fourth-order valence-electron chi connectivity index (χ4n) is 3.33. The monoisotopic (exact) mass is 429 g/mol. The maximum Gasteiger partial charge on any atom is 0.243 e. The Morgan fingerprint density at radius 3 is 2.54 bits per heavy atom. The molecule has 1 aromatic heterocycles. The van der Waals surface area contributed by atoms with E-state index in [-0.39, 0.29) is 5.91 Å². The van der Waals surface area contributed by atoms with E-state index in [1.165, 1.54) is 0 Å². The first-order valence-corrected chi connectivity index (χ1v) is 10.6. The van der Waals surface area contributed by atoms with Crippen molar-refractivity contribution in [3.8, 4) is 0 Å². The molecule has 0 aliphatic heterocycles. The van der Waals surface area contributed by atoms with E-state index in [1.807, 2.05) is 19.2 Å². The van der Waals surface area contributed by atoms with Crippen LogP contribution in [0.15, 0.2) is 12.1 Å². The third-order valence-corrected chi connectivity index (χ3v) is 5.19. The first kappa shape index (κ1) is 22.6. The summed E-state index contributed by atoms with van der Waals surface area (Å²) in [4.78, 5) is 17.9. The summed E-state index contributed by atoms with van der Waals surface area (Å²) in [6.45, 7) is 1.36. The van der Waals surface area contributed by atoms with Crippen molar-refractivity contribution in [1.29, 1.82) is 0 Å². The number of nitrogen functional groups attached to an aromatic ring is 1. The molecule has 0 saturated carbocycles. The molecule has 0 spiro atoms. The number of fused-ring (bicyclic) bond motifs is 1. The van der Waals surface area contributed by atoms with Crippen LogP contribution in [-0.4, -0.2) is 45.5 Å². The summed E-state index contributed by atoms with van der Waals surface area (Å²) in [5.41, 5.74) is 11.5. The van der Waals surface area contributed by atoms with Crippen molar-refractivity contribution in [3.63, 3.8) is 0 Å². The number of aromatic nitrogens is 2. The minimum absolute atomic E-state index is 0.332. The van der Waals surface area contributed by atoms with Gasteiger partial charge in [0.25, 0.3) is 0 Å². The van der Waals surface area contributed by atoms with Gasteiger partial charge in [0, 0.05) is 44.7 Å². The van der Waals surface area contributed by atoms with Crippen molar-refractivity contribution in [3.05, 3.63) is 18.0 Å².